The highest BCUT2D eigenvalue weighted by Gasteiger charge is 2.08. The van der Waals surface area contributed by atoms with Crippen LogP contribution < -0.4 is 5.32 Å². The molecule has 0 saturated carbocycles. The maximum atomic E-state index is 11.7. The van der Waals surface area contributed by atoms with Gasteiger partial charge in [0.25, 0.3) is 0 Å². The molecule has 4 heteroatoms. The second kappa shape index (κ2) is 8.72. The zero-order valence-corrected chi connectivity index (χ0v) is 12.6. The summed E-state index contributed by atoms with van der Waals surface area (Å²) in [6.07, 6.45) is -0.324. The number of amides is 1. The topological polar surface area (TPSA) is 58.6 Å². The van der Waals surface area contributed by atoms with E-state index in [0.29, 0.717) is 18.9 Å². The molecular formula is C16H25NO3. The van der Waals surface area contributed by atoms with Crippen molar-refractivity contribution >= 4 is 5.91 Å². The van der Waals surface area contributed by atoms with Crippen molar-refractivity contribution in [2.75, 3.05) is 19.8 Å². The lowest BCUT2D eigenvalue weighted by molar-refractivity contribution is -0.121. The van der Waals surface area contributed by atoms with Crippen LogP contribution in [0.2, 0.25) is 0 Å². The molecule has 1 aromatic rings. The van der Waals surface area contributed by atoms with Crippen LogP contribution in [-0.2, 0) is 16.0 Å². The van der Waals surface area contributed by atoms with Gasteiger partial charge in [-0.2, -0.15) is 0 Å². The van der Waals surface area contributed by atoms with Gasteiger partial charge in [0.1, 0.15) is 0 Å². The third-order valence-electron chi connectivity index (χ3n) is 2.78. The fourth-order valence-corrected chi connectivity index (χ4v) is 1.68. The number of aryl methyl sites for hydroxylation is 1. The molecule has 1 aromatic carbocycles. The van der Waals surface area contributed by atoms with Gasteiger partial charge in [0.15, 0.2) is 0 Å². The molecule has 0 saturated heterocycles. The summed E-state index contributed by atoms with van der Waals surface area (Å²) >= 11 is 0. The van der Waals surface area contributed by atoms with Gasteiger partial charge in [-0.15, -0.1) is 0 Å². The first kappa shape index (κ1) is 16.7. The van der Waals surface area contributed by atoms with Gasteiger partial charge in [-0.3, -0.25) is 4.79 Å². The minimum Gasteiger partial charge on any atom is -0.389 e. The molecule has 0 aromatic heterocycles. The van der Waals surface area contributed by atoms with E-state index < -0.39 is 6.10 Å². The predicted molar refractivity (Wildman–Crippen MR) is 79.6 cm³/mol. The molecule has 0 bridgehead atoms. The quantitative estimate of drug-likeness (QED) is 0.761. The molecule has 4 nitrogen and oxygen atoms in total. The Hall–Kier alpha value is -1.39. The van der Waals surface area contributed by atoms with Crippen LogP contribution in [-0.4, -0.2) is 36.9 Å². The maximum Gasteiger partial charge on any atom is 0.224 e. The van der Waals surface area contributed by atoms with E-state index in [9.17, 15) is 9.90 Å². The molecule has 0 heterocycles. The number of benzene rings is 1. The van der Waals surface area contributed by atoms with Crippen LogP contribution in [0.4, 0.5) is 0 Å². The highest BCUT2D eigenvalue weighted by molar-refractivity contribution is 5.78. The van der Waals surface area contributed by atoms with Gasteiger partial charge in [-0.1, -0.05) is 43.7 Å². The normalized spacial score (nSPS) is 12.4. The fourth-order valence-electron chi connectivity index (χ4n) is 1.68. The number of nitrogens with one attached hydrogen (secondary N) is 1. The lowest BCUT2D eigenvalue weighted by atomic mass is 10.1. The average molecular weight is 279 g/mol. The monoisotopic (exact) mass is 279 g/mol. The molecule has 0 aliphatic rings. The standard InChI is InChI=1S/C16H25NO3/c1-12(2)10-20-11-15(18)9-17-16(19)8-14-6-4-13(3)5-7-14/h4-7,12,15,18H,8-11H2,1-3H3,(H,17,19). The van der Waals surface area contributed by atoms with Crippen molar-refractivity contribution in [1.82, 2.24) is 5.32 Å². The van der Waals surface area contributed by atoms with Crippen LogP contribution in [0.1, 0.15) is 25.0 Å². The van der Waals surface area contributed by atoms with Gasteiger partial charge in [0, 0.05) is 13.2 Å². The van der Waals surface area contributed by atoms with Gasteiger partial charge in [0.05, 0.1) is 19.1 Å². The Bertz CT molecular complexity index is 401. The molecule has 1 amide bonds. The Morgan fingerprint density at radius 3 is 2.50 bits per heavy atom. The van der Waals surface area contributed by atoms with E-state index in [4.69, 9.17) is 4.74 Å². The van der Waals surface area contributed by atoms with Crippen LogP contribution in [0.5, 0.6) is 0 Å². The molecule has 0 spiro atoms. The maximum absolute atomic E-state index is 11.7. The van der Waals surface area contributed by atoms with E-state index in [1.807, 2.05) is 31.2 Å². The Balaban J connectivity index is 2.20. The predicted octanol–water partition coefficient (Wildman–Crippen LogP) is 1.69. The van der Waals surface area contributed by atoms with E-state index in [1.54, 1.807) is 0 Å². The zero-order chi connectivity index (χ0) is 15.0. The Labute approximate surface area is 121 Å². The van der Waals surface area contributed by atoms with Crippen molar-refractivity contribution in [2.45, 2.75) is 33.3 Å². The second-order valence-corrected chi connectivity index (χ2v) is 5.55. The summed E-state index contributed by atoms with van der Waals surface area (Å²) in [5.74, 6) is 0.357. The first-order chi connectivity index (χ1) is 9.47. The number of hydrogen-bond donors (Lipinski definition) is 2. The molecule has 0 aliphatic carbocycles. The summed E-state index contributed by atoms with van der Waals surface area (Å²) in [4.78, 5) is 11.7. The molecule has 20 heavy (non-hydrogen) atoms. The SMILES string of the molecule is Cc1ccc(CC(=O)NCC(O)COCC(C)C)cc1. The molecule has 2 N–H and O–H groups in total. The first-order valence-corrected chi connectivity index (χ1v) is 7.05. The second-order valence-electron chi connectivity index (χ2n) is 5.55. The number of aliphatic hydroxyl groups excluding tert-OH is 1. The van der Waals surface area contributed by atoms with Crippen molar-refractivity contribution in [3.8, 4) is 0 Å². The fraction of sp³-hybridized carbons (Fsp3) is 0.562. The smallest absolute Gasteiger partial charge is 0.224 e. The number of hydrogen-bond acceptors (Lipinski definition) is 3. The number of aliphatic hydroxyl groups is 1. The largest absolute Gasteiger partial charge is 0.389 e. The van der Waals surface area contributed by atoms with Crippen molar-refractivity contribution in [1.29, 1.82) is 0 Å². The van der Waals surface area contributed by atoms with E-state index in [1.165, 1.54) is 5.56 Å². The lowest BCUT2D eigenvalue weighted by Gasteiger charge is -2.13. The number of rotatable bonds is 8. The van der Waals surface area contributed by atoms with Crippen LogP contribution in [0, 0.1) is 12.8 Å². The third kappa shape index (κ3) is 7.26. The summed E-state index contributed by atoms with van der Waals surface area (Å²) in [5, 5.41) is 12.4. The number of carbonyl (C=O) groups is 1. The third-order valence-corrected chi connectivity index (χ3v) is 2.78. The van der Waals surface area contributed by atoms with Crippen molar-refractivity contribution < 1.29 is 14.6 Å². The highest BCUT2D eigenvalue weighted by atomic mass is 16.5. The zero-order valence-electron chi connectivity index (χ0n) is 12.6. The van der Waals surface area contributed by atoms with Crippen molar-refractivity contribution in [3.63, 3.8) is 0 Å². The summed E-state index contributed by atoms with van der Waals surface area (Å²) in [5.41, 5.74) is 2.14. The van der Waals surface area contributed by atoms with Crippen LogP contribution in [0.25, 0.3) is 0 Å². The molecule has 0 fully saturated rings. The van der Waals surface area contributed by atoms with E-state index in [-0.39, 0.29) is 19.1 Å². The van der Waals surface area contributed by atoms with Gasteiger partial charge in [0.2, 0.25) is 5.91 Å². The molecule has 1 unspecified atom stereocenters. The number of carbonyl (C=O) groups excluding carboxylic acids is 1. The summed E-state index contributed by atoms with van der Waals surface area (Å²) in [6, 6.07) is 7.85. The lowest BCUT2D eigenvalue weighted by Crippen LogP contribution is -2.35. The van der Waals surface area contributed by atoms with Crippen LogP contribution in [0.15, 0.2) is 24.3 Å². The number of ether oxygens (including phenoxy) is 1. The Morgan fingerprint density at radius 2 is 1.90 bits per heavy atom. The van der Waals surface area contributed by atoms with E-state index in [0.717, 1.165) is 5.56 Å². The van der Waals surface area contributed by atoms with Crippen molar-refractivity contribution in [3.05, 3.63) is 35.4 Å². The van der Waals surface area contributed by atoms with E-state index in [2.05, 4.69) is 19.2 Å². The van der Waals surface area contributed by atoms with Crippen molar-refractivity contribution in [2.24, 2.45) is 5.92 Å². The molecule has 0 aliphatic heterocycles. The highest BCUT2D eigenvalue weighted by Crippen LogP contribution is 2.03. The van der Waals surface area contributed by atoms with Gasteiger partial charge < -0.3 is 15.2 Å². The average Bonchev–Trinajstić information content (AvgIpc) is 2.39. The minimum atomic E-state index is -0.657. The summed E-state index contributed by atoms with van der Waals surface area (Å²) in [7, 11) is 0. The van der Waals surface area contributed by atoms with Gasteiger partial charge in [-0.05, 0) is 18.4 Å². The Morgan fingerprint density at radius 1 is 1.25 bits per heavy atom. The van der Waals surface area contributed by atoms with Crippen LogP contribution >= 0.6 is 0 Å². The van der Waals surface area contributed by atoms with Gasteiger partial charge in [-0.25, -0.2) is 0 Å². The molecular weight excluding hydrogens is 254 g/mol. The minimum absolute atomic E-state index is 0.0863. The molecule has 0 radical (unpaired) electrons. The summed E-state index contributed by atoms with van der Waals surface area (Å²) < 4.78 is 5.32. The summed E-state index contributed by atoms with van der Waals surface area (Å²) in [6.45, 7) is 7.21. The van der Waals surface area contributed by atoms with Gasteiger partial charge >= 0.3 is 0 Å². The van der Waals surface area contributed by atoms with E-state index >= 15 is 0 Å². The first-order valence-electron chi connectivity index (χ1n) is 7.05. The molecule has 1 atom stereocenters. The molecule has 112 valence electrons. The van der Waals surface area contributed by atoms with Crippen LogP contribution in [0.3, 0.4) is 0 Å². The molecule has 1 rings (SSSR count). The Kier molecular flexibility index (Phi) is 7.26.